The summed E-state index contributed by atoms with van der Waals surface area (Å²) < 4.78 is 13.2. The molecule has 100 valence electrons. The average molecular weight is 291 g/mol. The first-order chi connectivity index (χ1) is 8.61. The Morgan fingerprint density at radius 3 is 2.83 bits per heavy atom. The monoisotopic (exact) mass is 290 g/mol. The van der Waals surface area contributed by atoms with Crippen molar-refractivity contribution in [3.05, 3.63) is 33.6 Å². The first kappa shape index (κ1) is 14.1. The van der Waals surface area contributed by atoms with Crippen molar-refractivity contribution >= 4 is 23.2 Å². The molecule has 0 radical (unpaired) electrons. The fourth-order valence-corrected chi connectivity index (χ4v) is 2.81. The van der Waals surface area contributed by atoms with E-state index in [1.807, 2.05) is 0 Å². The minimum atomic E-state index is -0.469. The SMILES string of the molecule is NCC1CCCN(Cc2ccc(F)c(Cl)c2Cl)C1. The molecule has 0 spiro atoms. The lowest BCUT2D eigenvalue weighted by atomic mass is 9.98. The highest BCUT2D eigenvalue weighted by Gasteiger charge is 2.20. The molecule has 0 aromatic heterocycles. The van der Waals surface area contributed by atoms with Crippen LogP contribution in [0.5, 0.6) is 0 Å². The number of halogens is 3. The lowest BCUT2D eigenvalue weighted by Crippen LogP contribution is -2.37. The zero-order valence-corrected chi connectivity index (χ0v) is 11.6. The van der Waals surface area contributed by atoms with Gasteiger partial charge in [-0.15, -0.1) is 0 Å². The van der Waals surface area contributed by atoms with E-state index in [9.17, 15) is 4.39 Å². The van der Waals surface area contributed by atoms with E-state index < -0.39 is 5.82 Å². The van der Waals surface area contributed by atoms with E-state index >= 15 is 0 Å². The minimum Gasteiger partial charge on any atom is -0.330 e. The molecule has 1 aliphatic rings. The van der Waals surface area contributed by atoms with E-state index in [2.05, 4.69) is 4.90 Å². The second-order valence-corrected chi connectivity index (χ2v) is 5.57. The number of nitrogens with zero attached hydrogens (tertiary/aromatic N) is 1. The van der Waals surface area contributed by atoms with Crippen LogP contribution in [-0.2, 0) is 6.54 Å². The smallest absolute Gasteiger partial charge is 0.143 e. The van der Waals surface area contributed by atoms with Crippen molar-refractivity contribution < 1.29 is 4.39 Å². The van der Waals surface area contributed by atoms with Crippen molar-refractivity contribution in [3.8, 4) is 0 Å². The van der Waals surface area contributed by atoms with E-state index in [4.69, 9.17) is 28.9 Å². The van der Waals surface area contributed by atoms with Gasteiger partial charge in [0.25, 0.3) is 0 Å². The normalized spacial score (nSPS) is 21.2. The molecule has 1 aromatic carbocycles. The molecular formula is C13H17Cl2FN2. The topological polar surface area (TPSA) is 29.3 Å². The van der Waals surface area contributed by atoms with Crippen LogP contribution in [-0.4, -0.2) is 24.5 Å². The fraction of sp³-hybridized carbons (Fsp3) is 0.538. The van der Waals surface area contributed by atoms with Crippen LogP contribution in [0.1, 0.15) is 18.4 Å². The molecule has 2 nitrogen and oxygen atoms in total. The Labute approximate surface area is 117 Å². The summed E-state index contributed by atoms with van der Waals surface area (Å²) in [7, 11) is 0. The van der Waals surface area contributed by atoms with Crippen molar-refractivity contribution in [3.63, 3.8) is 0 Å². The third-order valence-electron chi connectivity index (χ3n) is 3.45. The average Bonchev–Trinajstić information content (AvgIpc) is 2.40. The minimum absolute atomic E-state index is 0.0153. The third kappa shape index (κ3) is 3.15. The largest absolute Gasteiger partial charge is 0.330 e. The van der Waals surface area contributed by atoms with Gasteiger partial charge in [0.05, 0.1) is 10.0 Å². The third-order valence-corrected chi connectivity index (χ3v) is 4.34. The van der Waals surface area contributed by atoms with Crippen LogP contribution in [0.25, 0.3) is 0 Å². The van der Waals surface area contributed by atoms with Crippen LogP contribution in [0, 0.1) is 11.7 Å². The second kappa shape index (κ2) is 6.20. The molecule has 1 aliphatic heterocycles. The van der Waals surface area contributed by atoms with Gasteiger partial charge in [-0.2, -0.15) is 0 Å². The van der Waals surface area contributed by atoms with E-state index in [-0.39, 0.29) is 5.02 Å². The molecule has 0 saturated carbocycles. The van der Waals surface area contributed by atoms with Gasteiger partial charge in [0.2, 0.25) is 0 Å². The highest BCUT2D eigenvalue weighted by Crippen LogP contribution is 2.30. The molecule has 1 saturated heterocycles. The number of benzene rings is 1. The highest BCUT2D eigenvalue weighted by molar-refractivity contribution is 6.42. The molecule has 1 aromatic rings. The molecule has 0 amide bonds. The summed E-state index contributed by atoms with van der Waals surface area (Å²) >= 11 is 11.9. The summed E-state index contributed by atoms with van der Waals surface area (Å²) in [6.07, 6.45) is 2.33. The first-order valence-corrected chi connectivity index (χ1v) is 6.92. The number of piperidine rings is 1. The Bertz CT molecular complexity index is 426. The zero-order chi connectivity index (χ0) is 13.1. The van der Waals surface area contributed by atoms with Gasteiger partial charge in [-0.05, 0) is 43.5 Å². The fourth-order valence-electron chi connectivity index (χ4n) is 2.42. The second-order valence-electron chi connectivity index (χ2n) is 4.81. The summed E-state index contributed by atoms with van der Waals surface area (Å²) in [6, 6.07) is 3.07. The number of rotatable bonds is 3. The Morgan fingerprint density at radius 2 is 2.11 bits per heavy atom. The Balaban J connectivity index is 2.07. The number of likely N-dealkylation sites (tertiary alicyclic amines) is 1. The predicted octanol–water partition coefficient (Wildman–Crippen LogP) is 3.30. The predicted molar refractivity (Wildman–Crippen MR) is 73.5 cm³/mol. The zero-order valence-electron chi connectivity index (χ0n) is 10.1. The maximum atomic E-state index is 13.2. The lowest BCUT2D eigenvalue weighted by Gasteiger charge is -2.32. The molecule has 1 atom stereocenters. The quantitative estimate of drug-likeness (QED) is 0.866. The number of hydrogen-bond acceptors (Lipinski definition) is 2. The lowest BCUT2D eigenvalue weighted by molar-refractivity contribution is 0.171. The van der Waals surface area contributed by atoms with E-state index in [0.29, 0.717) is 24.0 Å². The first-order valence-electron chi connectivity index (χ1n) is 6.16. The van der Waals surface area contributed by atoms with Crippen molar-refractivity contribution in [2.45, 2.75) is 19.4 Å². The van der Waals surface area contributed by atoms with Gasteiger partial charge < -0.3 is 5.73 Å². The molecule has 5 heteroatoms. The Morgan fingerprint density at radius 1 is 1.33 bits per heavy atom. The van der Waals surface area contributed by atoms with Gasteiger partial charge in [0.1, 0.15) is 5.82 Å². The van der Waals surface area contributed by atoms with Crippen molar-refractivity contribution in [2.24, 2.45) is 11.7 Å². The summed E-state index contributed by atoms with van der Waals surface area (Å²) in [5, 5.41) is 0.341. The van der Waals surface area contributed by atoms with Crippen LogP contribution in [0.2, 0.25) is 10.0 Å². The molecule has 18 heavy (non-hydrogen) atoms. The molecule has 2 N–H and O–H groups in total. The van der Waals surface area contributed by atoms with E-state index in [0.717, 1.165) is 25.1 Å². The van der Waals surface area contributed by atoms with Crippen LogP contribution < -0.4 is 5.73 Å². The number of hydrogen-bond donors (Lipinski definition) is 1. The Kier molecular flexibility index (Phi) is 4.84. The maximum Gasteiger partial charge on any atom is 0.143 e. The number of nitrogens with two attached hydrogens (primary N) is 1. The van der Waals surface area contributed by atoms with Gasteiger partial charge in [-0.1, -0.05) is 29.3 Å². The van der Waals surface area contributed by atoms with Crippen LogP contribution in [0.15, 0.2) is 12.1 Å². The van der Waals surface area contributed by atoms with Gasteiger partial charge in [-0.25, -0.2) is 4.39 Å². The molecule has 1 heterocycles. The standard InChI is InChI=1S/C13H17Cl2FN2/c14-12-10(3-4-11(16)13(12)15)8-18-5-1-2-9(6-17)7-18/h3-4,9H,1-2,5-8,17H2. The van der Waals surface area contributed by atoms with Crippen molar-refractivity contribution in [1.29, 1.82) is 0 Å². The van der Waals surface area contributed by atoms with Crippen molar-refractivity contribution in [1.82, 2.24) is 4.90 Å². The van der Waals surface area contributed by atoms with Gasteiger partial charge in [0, 0.05) is 13.1 Å². The van der Waals surface area contributed by atoms with Crippen molar-refractivity contribution in [2.75, 3.05) is 19.6 Å². The van der Waals surface area contributed by atoms with Crippen LogP contribution in [0.3, 0.4) is 0 Å². The Hall–Kier alpha value is -0.350. The molecule has 1 unspecified atom stereocenters. The van der Waals surface area contributed by atoms with E-state index in [1.165, 1.54) is 12.5 Å². The maximum absolute atomic E-state index is 13.2. The van der Waals surface area contributed by atoms with E-state index in [1.54, 1.807) is 6.07 Å². The highest BCUT2D eigenvalue weighted by atomic mass is 35.5. The molecule has 0 bridgehead atoms. The summed E-state index contributed by atoms with van der Waals surface area (Å²) in [5.41, 5.74) is 6.58. The summed E-state index contributed by atoms with van der Waals surface area (Å²) in [5.74, 6) is 0.0809. The molecule has 0 aliphatic carbocycles. The van der Waals surface area contributed by atoms with Gasteiger partial charge in [0.15, 0.2) is 0 Å². The summed E-state index contributed by atoms with van der Waals surface area (Å²) in [4.78, 5) is 2.30. The van der Waals surface area contributed by atoms with Crippen LogP contribution >= 0.6 is 23.2 Å². The van der Waals surface area contributed by atoms with Gasteiger partial charge in [-0.3, -0.25) is 4.90 Å². The molecule has 1 fully saturated rings. The molecule has 2 rings (SSSR count). The molecular weight excluding hydrogens is 274 g/mol. The van der Waals surface area contributed by atoms with Crippen LogP contribution in [0.4, 0.5) is 4.39 Å². The van der Waals surface area contributed by atoms with Gasteiger partial charge >= 0.3 is 0 Å². The summed E-state index contributed by atoms with van der Waals surface area (Å²) in [6.45, 7) is 3.42.